The molecular formula is C11H12FNO. The lowest BCUT2D eigenvalue weighted by Gasteiger charge is -2.03. The molecule has 14 heavy (non-hydrogen) atoms. The molecule has 3 heteroatoms. The topological polar surface area (TPSA) is 35.2 Å². The Bertz CT molecular complexity index is 365. The number of halogens is 1. The van der Waals surface area contributed by atoms with Crippen molar-refractivity contribution in [2.24, 2.45) is 5.73 Å². The lowest BCUT2D eigenvalue weighted by atomic mass is 10.2. The fraction of sp³-hybridized carbons (Fsp3) is 0.273. The zero-order chi connectivity index (χ0) is 10.4. The van der Waals surface area contributed by atoms with Crippen LogP contribution in [0.3, 0.4) is 0 Å². The summed E-state index contributed by atoms with van der Waals surface area (Å²) in [6, 6.07) is 4.66. The quantitative estimate of drug-likeness (QED) is 0.723. The summed E-state index contributed by atoms with van der Waals surface area (Å²) >= 11 is 0. The number of para-hydroxylation sites is 1. The molecule has 74 valence electrons. The first-order chi connectivity index (χ1) is 6.79. The molecule has 0 fully saturated rings. The first kappa shape index (κ1) is 10.6. The van der Waals surface area contributed by atoms with E-state index in [2.05, 4.69) is 11.8 Å². The zero-order valence-electron chi connectivity index (χ0n) is 8.01. The Morgan fingerprint density at radius 3 is 2.93 bits per heavy atom. The van der Waals surface area contributed by atoms with Gasteiger partial charge in [-0.25, -0.2) is 4.39 Å². The normalized spacial score (nSPS) is 9.07. The maximum atomic E-state index is 13.1. The minimum absolute atomic E-state index is 0.192. The largest absolute Gasteiger partial charge is 0.492 e. The highest BCUT2D eigenvalue weighted by Crippen LogP contribution is 2.20. The second-order valence-corrected chi connectivity index (χ2v) is 2.66. The standard InChI is InChI=1S/C11H12FNO/c1-14-11-9(5-2-3-8-13)6-4-7-10(11)12/h4,6-7H,3,8,13H2,1H3. The fourth-order valence-corrected chi connectivity index (χ4v) is 1.04. The van der Waals surface area contributed by atoms with Gasteiger partial charge in [-0.3, -0.25) is 0 Å². The summed E-state index contributed by atoms with van der Waals surface area (Å²) in [5, 5.41) is 0. The van der Waals surface area contributed by atoms with E-state index in [1.165, 1.54) is 13.2 Å². The monoisotopic (exact) mass is 193 g/mol. The average molecular weight is 193 g/mol. The summed E-state index contributed by atoms with van der Waals surface area (Å²) in [5.41, 5.74) is 5.84. The lowest BCUT2D eigenvalue weighted by molar-refractivity contribution is 0.385. The Morgan fingerprint density at radius 2 is 2.29 bits per heavy atom. The van der Waals surface area contributed by atoms with Crippen molar-refractivity contribution in [3.63, 3.8) is 0 Å². The molecule has 0 atom stereocenters. The smallest absolute Gasteiger partial charge is 0.170 e. The third-order valence-corrected chi connectivity index (χ3v) is 1.66. The summed E-state index contributed by atoms with van der Waals surface area (Å²) in [5.74, 6) is 5.44. The van der Waals surface area contributed by atoms with E-state index < -0.39 is 5.82 Å². The van der Waals surface area contributed by atoms with Gasteiger partial charge in [-0.15, -0.1) is 0 Å². The molecule has 0 bridgehead atoms. The Hall–Kier alpha value is -1.53. The van der Waals surface area contributed by atoms with Crippen molar-refractivity contribution in [2.75, 3.05) is 13.7 Å². The van der Waals surface area contributed by atoms with E-state index in [0.717, 1.165) is 0 Å². The van der Waals surface area contributed by atoms with E-state index in [1.54, 1.807) is 12.1 Å². The van der Waals surface area contributed by atoms with E-state index in [0.29, 0.717) is 18.5 Å². The van der Waals surface area contributed by atoms with Gasteiger partial charge in [-0.2, -0.15) is 0 Å². The van der Waals surface area contributed by atoms with E-state index in [-0.39, 0.29) is 5.75 Å². The van der Waals surface area contributed by atoms with Crippen LogP contribution in [0.2, 0.25) is 0 Å². The zero-order valence-corrected chi connectivity index (χ0v) is 8.01. The van der Waals surface area contributed by atoms with Gasteiger partial charge in [0.2, 0.25) is 0 Å². The fourth-order valence-electron chi connectivity index (χ4n) is 1.04. The highest BCUT2D eigenvalue weighted by atomic mass is 19.1. The van der Waals surface area contributed by atoms with Gasteiger partial charge in [0, 0.05) is 13.0 Å². The van der Waals surface area contributed by atoms with Crippen LogP contribution in [0.25, 0.3) is 0 Å². The molecule has 0 unspecified atom stereocenters. The summed E-state index contributed by atoms with van der Waals surface area (Å²) in [6.45, 7) is 0.505. The molecule has 0 radical (unpaired) electrons. The summed E-state index contributed by atoms with van der Waals surface area (Å²) in [7, 11) is 1.42. The van der Waals surface area contributed by atoms with Crippen LogP contribution in [0.15, 0.2) is 18.2 Å². The van der Waals surface area contributed by atoms with E-state index in [9.17, 15) is 4.39 Å². The Kier molecular flexibility index (Phi) is 3.96. The number of nitrogens with two attached hydrogens (primary N) is 1. The highest BCUT2D eigenvalue weighted by molar-refractivity contribution is 5.46. The van der Waals surface area contributed by atoms with Crippen LogP contribution in [0.4, 0.5) is 4.39 Å². The van der Waals surface area contributed by atoms with Gasteiger partial charge in [0.05, 0.1) is 12.7 Å². The first-order valence-corrected chi connectivity index (χ1v) is 4.31. The van der Waals surface area contributed by atoms with Crippen LogP contribution in [-0.2, 0) is 0 Å². The third-order valence-electron chi connectivity index (χ3n) is 1.66. The molecule has 1 rings (SSSR count). The molecule has 0 aliphatic carbocycles. The van der Waals surface area contributed by atoms with E-state index >= 15 is 0 Å². The van der Waals surface area contributed by atoms with Gasteiger partial charge in [0.25, 0.3) is 0 Å². The van der Waals surface area contributed by atoms with Crippen LogP contribution in [0.1, 0.15) is 12.0 Å². The van der Waals surface area contributed by atoms with Crippen molar-refractivity contribution in [1.29, 1.82) is 0 Å². The van der Waals surface area contributed by atoms with Crippen molar-refractivity contribution in [2.45, 2.75) is 6.42 Å². The van der Waals surface area contributed by atoms with Gasteiger partial charge in [-0.1, -0.05) is 17.9 Å². The molecule has 2 N–H and O–H groups in total. The Morgan fingerprint density at radius 1 is 1.50 bits per heavy atom. The van der Waals surface area contributed by atoms with Gasteiger partial charge in [0.1, 0.15) is 0 Å². The lowest BCUT2D eigenvalue weighted by Crippen LogP contribution is -1.96. The van der Waals surface area contributed by atoms with Crippen molar-refractivity contribution in [3.8, 4) is 17.6 Å². The molecule has 1 aromatic rings. The molecule has 2 nitrogen and oxygen atoms in total. The molecule has 1 aromatic carbocycles. The average Bonchev–Trinajstić information content (AvgIpc) is 2.18. The van der Waals surface area contributed by atoms with Crippen molar-refractivity contribution >= 4 is 0 Å². The number of rotatable bonds is 2. The third kappa shape index (κ3) is 2.48. The van der Waals surface area contributed by atoms with Crippen LogP contribution in [-0.4, -0.2) is 13.7 Å². The highest BCUT2D eigenvalue weighted by Gasteiger charge is 2.05. The van der Waals surface area contributed by atoms with Crippen LogP contribution in [0.5, 0.6) is 5.75 Å². The molecular weight excluding hydrogens is 181 g/mol. The van der Waals surface area contributed by atoms with Gasteiger partial charge in [0.15, 0.2) is 11.6 Å². The first-order valence-electron chi connectivity index (χ1n) is 4.31. The maximum absolute atomic E-state index is 13.1. The Balaban J connectivity index is 2.98. The molecule has 0 aliphatic rings. The van der Waals surface area contributed by atoms with Gasteiger partial charge < -0.3 is 10.5 Å². The summed E-state index contributed by atoms with van der Waals surface area (Å²) in [4.78, 5) is 0. The molecule has 0 aromatic heterocycles. The second kappa shape index (κ2) is 5.25. The van der Waals surface area contributed by atoms with Gasteiger partial charge in [-0.05, 0) is 12.1 Å². The van der Waals surface area contributed by atoms with E-state index in [4.69, 9.17) is 10.5 Å². The number of hydrogen-bond donors (Lipinski definition) is 1. The molecule has 0 aliphatic heterocycles. The predicted molar refractivity (Wildman–Crippen MR) is 53.5 cm³/mol. The second-order valence-electron chi connectivity index (χ2n) is 2.66. The summed E-state index contributed by atoms with van der Waals surface area (Å²) < 4.78 is 18.0. The maximum Gasteiger partial charge on any atom is 0.170 e. The van der Waals surface area contributed by atoms with Crippen LogP contribution < -0.4 is 10.5 Å². The van der Waals surface area contributed by atoms with E-state index in [1.807, 2.05) is 0 Å². The van der Waals surface area contributed by atoms with Crippen LogP contribution in [0, 0.1) is 17.7 Å². The molecule has 0 saturated heterocycles. The van der Waals surface area contributed by atoms with Crippen LogP contribution >= 0.6 is 0 Å². The summed E-state index contributed by atoms with van der Waals surface area (Å²) in [6.07, 6.45) is 0.597. The molecule has 0 saturated carbocycles. The number of hydrogen-bond acceptors (Lipinski definition) is 2. The molecule has 0 spiro atoms. The minimum atomic E-state index is -0.396. The molecule has 0 heterocycles. The van der Waals surface area contributed by atoms with Crippen molar-refractivity contribution < 1.29 is 9.13 Å². The number of methoxy groups -OCH3 is 1. The Labute approximate surface area is 82.9 Å². The number of ether oxygens (including phenoxy) is 1. The number of benzene rings is 1. The SMILES string of the molecule is COc1c(F)cccc1C#CCCN. The van der Waals surface area contributed by atoms with Crippen molar-refractivity contribution in [3.05, 3.63) is 29.6 Å². The predicted octanol–water partition coefficient (Wildman–Crippen LogP) is 1.53. The minimum Gasteiger partial charge on any atom is -0.492 e. The van der Waals surface area contributed by atoms with Crippen molar-refractivity contribution in [1.82, 2.24) is 0 Å². The van der Waals surface area contributed by atoms with Gasteiger partial charge >= 0.3 is 0 Å². The molecule has 0 amide bonds.